The number of unbranched alkanes of at least 4 members (excludes halogenated alkanes) is 1. The average Bonchev–Trinajstić information content (AvgIpc) is 2.47. The normalized spacial score (nSPS) is 21.6. The molecule has 1 rings (SSSR count). The fourth-order valence-electron chi connectivity index (χ4n) is 2.13. The van der Waals surface area contributed by atoms with Crippen molar-refractivity contribution in [2.24, 2.45) is 11.8 Å². The molecule has 0 bridgehead atoms. The van der Waals surface area contributed by atoms with Crippen molar-refractivity contribution in [2.75, 3.05) is 19.8 Å². The fourth-order valence-corrected chi connectivity index (χ4v) is 2.13. The van der Waals surface area contributed by atoms with E-state index in [1.165, 1.54) is 0 Å². The van der Waals surface area contributed by atoms with Crippen molar-refractivity contribution in [1.82, 2.24) is 0 Å². The van der Waals surface area contributed by atoms with E-state index in [2.05, 4.69) is 0 Å². The molecule has 3 N–H and O–H groups in total. The Kier molecular flexibility index (Phi) is 11.0. The number of hydrogen-bond acceptors (Lipinski definition) is 5. The molecule has 1 saturated carbocycles. The molecule has 0 aromatic heterocycles. The molecule has 0 radical (unpaired) electrons. The van der Waals surface area contributed by atoms with Crippen LogP contribution in [0.2, 0.25) is 0 Å². The molecule has 118 valence electrons. The van der Waals surface area contributed by atoms with Gasteiger partial charge >= 0.3 is 11.9 Å². The third kappa shape index (κ3) is 7.45. The Morgan fingerprint density at radius 2 is 1.65 bits per heavy atom. The number of rotatable bonds is 6. The molecule has 20 heavy (non-hydrogen) atoms. The van der Waals surface area contributed by atoms with Crippen LogP contribution in [0.5, 0.6) is 0 Å². The minimum Gasteiger partial charge on any atom is -0.481 e. The smallest absolute Gasteiger partial charge is 0.309 e. The molecule has 6 nitrogen and oxygen atoms in total. The second-order valence-electron chi connectivity index (χ2n) is 4.80. The number of aliphatic hydroxyl groups excluding tert-OH is 2. The van der Waals surface area contributed by atoms with Gasteiger partial charge in [-0.25, -0.2) is 0 Å². The van der Waals surface area contributed by atoms with E-state index in [1.54, 1.807) is 0 Å². The molecule has 2 unspecified atom stereocenters. The van der Waals surface area contributed by atoms with Gasteiger partial charge in [0.1, 0.15) is 0 Å². The van der Waals surface area contributed by atoms with Crippen LogP contribution in [0.1, 0.15) is 45.4 Å². The maximum absolute atomic E-state index is 11.7. The number of carbonyl (C=O) groups is 2. The summed E-state index contributed by atoms with van der Waals surface area (Å²) < 4.78 is 5.10. The van der Waals surface area contributed by atoms with Crippen LogP contribution in [0.4, 0.5) is 0 Å². The summed E-state index contributed by atoms with van der Waals surface area (Å²) >= 11 is 0. The van der Waals surface area contributed by atoms with Gasteiger partial charge in [-0.1, -0.05) is 26.2 Å². The van der Waals surface area contributed by atoms with Gasteiger partial charge in [-0.3, -0.25) is 9.59 Å². The van der Waals surface area contributed by atoms with Gasteiger partial charge in [0.25, 0.3) is 0 Å². The van der Waals surface area contributed by atoms with Gasteiger partial charge in [-0.2, -0.15) is 0 Å². The highest BCUT2D eigenvalue weighted by molar-refractivity contribution is 5.81. The molecule has 2 atom stereocenters. The Morgan fingerprint density at radius 3 is 2.10 bits per heavy atom. The molecule has 1 aliphatic rings. The molecule has 6 heteroatoms. The minimum absolute atomic E-state index is 0.125. The Morgan fingerprint density at radius 1 is 1.10 bits per heavy atom. The van der Waals surface area contributed by atoms with Crippen LogP contribution in [0, 0.1) is 11.8 Å². The van der Waals surface area contributed by atoms with Crippen LogP contribution in [0.15, 0.2) is 0 Å². The van der Waals surface area contributed by atoms with Gasteiger partial charge < -0.3 is 20.1 Å². The number of esters is 1. The number of ether oxygens (including phenoxy) is 1. The lowest BCUT2D eigenvalue weighted by molar-refractivity contribution is -0.159. The Bertz CT molecular complexity index is 277. The number of hydrogen-bond donors (Lipinski definition) is 3. The van der Waals surface area contributed by atoms with Crippen molar-refractivity contribution in [2.45, 2.75) is 45.4 Å². The first-order valence-electron chi connectivity index (χ1n) is 7.19. The maximum Gasteiger partial charge on any atom is 0.309 e. The molecule has 0 aromatic rings. The van der Waals surface area contributed by atoms with Crippen LogP contribution in [0.25, 0.3) is 0 Å². The predicted octanol–water partition coefficient (Wildman–Crippen LogP) is 1.19. The van der Waals surface area contributed by atoms with Gasteiger partial charge in [0.2, 0.25) is 0 Å². The van der Waals surface area contributed by atoms with E-state index in [1.807, 2.05) is 6.92 Å². The zero-order chi connectivity index (χ0) is 15.4. The van der Waals surface area contributed by atoms with Crippen LogP contribution in [0.3, 0.4) is 0 Å². The van der Waals surface area contributed by atoms with Gasteiger partial charge in [0.15, 0.2) is 0 Å². The predicted molar refractivity (Wildman–Crippen MR) is 73.1 cm³/mol. The molecule has 0 saturated heterocycles. The summed E-state index contributed by atoms with van der Waals surface area (Å²) in [4.78, 5) is 22.7. The van der Waals surface area contributed by atoms with E-state index < -0.39 is 17.8 Å². The largest absolute Gasteiger partial charge is 0.481 e. The summed E-state index contributed by atoms with van der Waals surface area (Å²) in [6.07, 6.45) is 4.90. The van der Waals surface area contributed by atoms with Crippen molar-refractivity contribution >= 4 is 11.9 Å². The van der Waals surface area contributed by atoms with Crippen molar-refractivity contribution in [3.63, 3.8) is 0 Å². The number of carbonyl (C=O) groups excluding carboxylic acids is 1. The van der Waals surface area contributed by atoms with Crippen LogP contribution in [-0.2, 0) is 14.3 Å². The minimum atomic E-state index is -0.864. The lowest BCUT2D eigenvalue weighted by Crippen LogP contribution is -2.33. The first-order valence-corrected chi connectivity index (χ1v) is 7.19. The molecule has 0 aliphatic heterocycles. The summed E-state index contributed by atoms with van der Waals surface area (Å²) in [6.45, 7) is 2.19. The van der Waals surface area contributed by atoms with E-state index in [0.717, 1.165) is 25.7 Å². The van der Waals surface area contributed by atoms with Crippen molar-refractivity contribution < 1.29 is 29.6 Å². The molecular weight excluding hydrogens is 264 g/mol. The highest BCUT2D eigenvalue weighted by Gasteiger charge is 2.36. The van der Waals surface area contributed by atoms with E-state index >= 15 is 0 Å². The second-order valence-corrected chi connectivity index (χ2v) is 4.80. The Hall–Kier alpha value is -1.14. The van der Waals surface area contributed by atoms with Gasteiger partial charge in [0.05, 0.1) is 31.7 Å². The lowest BCUT2D eigenvalue weighted by Gasteiger charge is -2.26. The summed E-state index contributed by atoms with van der Waals surface area (Å²) in [5.41, 5.74) is 0. The zero-order valence-corrected chi connectivity index (χ0v) is 12.1. The van der Waals surface area contributed by atoms with E-state index in [9.17, 15) is 9.59 Å². The van der Waals surface area contributed by atoms with Crippen LogP contribution >= 0.6 is 0 Å². The number of carboxylic acid groups (broad SMARTS) is 1. The number of aliphatic carboxylic acids is 1. The third-order valence-electron chi connectivity index (χ3n) is 3.23. The van der Waals surface area contributed by atoms with Gasteiger partial charge in [-0.05, 0) is 19.3 Å². The average molecular weight is 290 g/mol. The van der Waals surface area contributed by atoms with Crippen LogP contribution in [-0.4, -0.2) is 47.1 Å². The fraction of sp³-hybridized carbons (Fsp3) is 0.857. The van der Waals surface area contributed by atoms with Crippen LogP contribution < -0.4 is 0 Å². The van der Waals surface area contributed by atoms with Crippen molar-refractivity contribution in [3.8, 4) is 0 Å². The standard InChI is InChI=1S/C12H20O4.C2H6O2/c1-2-3-8-16-12(15)10-7-5-4-6-9(10)11(13)14;3-1-2-4/h9-10H,2-8H2,1H3,(H,13,14);3-4H,1-2H2. The molecule has 1 aliphatic carbocycles. The van der Waals surface area contributed by atoms with Gasteiger partial charge in [-0.15, -0.1) is 0 Å². The molecule has 1 fully saturated rings. The highest BCUT2D eigenvalue weighted by Crippen LogP contribution is 2.31. The van der Waals surface area contributed by atoms with Crippen molar-refractivity contribution in [1.29, 1.82) is 0 Å². The first kappa shape index (κ1) is 18.9. The summed E-state index contributed by atoms with van der Waals surface area (Å²) in [6, 6.07) is 0. The second kappa shape index (κ2) is 11.7. The SMILES string of the molecule is CCCCOC(=O)C1CCCCC1C(=O)O.OCCO. The quantitative estimate of drug-likeness (QED) is 0.501. The Labute approximate surface area is 119 Å². The van der Waals surface area contributed by atoms with E-state index in [-0.39, 0.29) is 19.2 Å². The van der Waals surface area contributed by atoms with Gasteiger partial charge in [0, 0.05) is 0 Å². The lowest BCUT2D eigenvalue weighted by atomic mass is 9.79. The topological polar surface area (TPSA) is 104 Å². The zero-order valence-electron chi connectivity index (χ0n) is 12.1. The Balaban J connectivity index is 0.000000796. The summed E-state index contributed by atoms with van der Waals surface area (Å²) in [5.74, 6) is -2.15. The molecular formula is C14H26O6. The molecule has 0 spiro atoms. The highest BCUT2D eigenvalue weighted by atomic mass is 16.5. The van der Waals surface area contributed by atoms with E-state index in [4.69, 9.17) is 20.1 Å². The summed E-state index contributed by atoms with van der Waals surface area (Å²) in [7, 11) is 0. The number of carboxylic acids is 1. The number of aliphatic hydroxyl groups is 2. The van der Waals surface area contributed by atoms with Crippen molar-refractivity contribution in [3.05, 3.63) is 0 Å². The summed E-state index contributed by atoms with van der Waals surface area (Å²) in [5, 5.41) is 24.3. The monoisotopic (exact) mass is 290 g/mol. The molecule has 0 aromatic carbocycles. The molecule has 0 heterocycles. The maximum atomic E-state index is 11.7. The third-order valence-corrected chi connectivity index (χ3v) is 3.23. The van der Waals surface area contributed by atoms with E-state index in [0.29, 0.717) is 19.4 Å². The molecule has 0 amide bonds. The first-order chi connectivity index (χ1) is 9.58.